The Hall–Kier alpha value is -3.99. The Bertz CT molecular complexity index is 1380. The number of amides is 1. The molecule has 0 spiro atoms. The van der Waals surface area contributed by atoms with Crippen LogP contribution in [0.5, 0.6) is 0 Å². The average Bonchev–Trinajstić information content (AvgIpc) is 2.95. The fourth-order valence-corrected chi connectivity index (χ4v) is 5.31. The predicted molar refractivity (Wildman–Crippen MR) is 147 cm³/mol. The summed E-state index contributed by atoms with van der Waals surface area (Å²) in [6, 6.07) is 28.6. The quantitative estimate of drug-likeness (QED) is 0.277. The molecule has 0 radical (unpaired) electrons. The van der Waals surface area contributed by atoms with Gasteiger partial charge in [0.2, 0.25) is 0 Å². The number of aliphatic carboxylic acids is 1. The standard InChI is InChI=1S/C32H32N2O3/c35-30(36)14-8-7-13-26-21-28-22-27(15-16-29(28)33-31(26)25-11-5-2-6-12-25)32(37)34-19-17-24(18-20-34)23-9-3-1-4-10-23/h1-6,9-12,15-16,21-22,24H,7-8,13-14,17-20H2,(H,35,36). The van der Waals surface area contributed by atoms with Gasteiger partial charge in [0, 0.05) is 36.0 Å². The van der Waals surface area contributed by atoms with Crippen molar-refractivity contribution in [1.29, 1.82) is 0 Å². The first-order valence-corrected chi connectivity index (χ1v) is 13.1. The van der Waals surface area contributed by atoms with Crippen LogP contribution in [0, 0.1) is 0 Å². The number of likely N-dealkylation sites (tertiary alicyclic amines) is 1. The number of carboxylic acid groups (broad SMARTS) is 1. The highest BCUT2D eigenvalue weighted by Crippen LogP contribution is 2.30. The summed E-state index contributed by atoms with van der Waals surface area (Å²) in [5.41, 5.74) is 5.95. The largest absolute Gasteiger partial charge is 0.481 e. The molecule has 2 heterocycles. The molecule has 1 N–H and O–H groups in total. The number of hydrogen-bond acceptors (Lipinski definition) is 3. The zero-order chi connectivity index (χ0) is 25.6. The molecule has 37 heavy (non-hydrogen) atoms. The van der Waals surface area contributed by atoms with E-state index in [2.05, 4.69) is 30.3 Å². The number of fused-ring (bicyclic) bond motifs is 1. The van der Waals surface area contributed by atoms with Gasteiger partial charge in [-0.15, -0.1) is 0 Å². The lowest BCUT2D eigenvalue weighted by molar-refractivity contribution is -0.137. The number of piperidine rings is 1. The molecule has 0 aliphatic carbocycles. The topological polar surface area (TPSA) is 70.5 Å². The number of carboxylic acids is 1. The molecule has 1 amide bonds. The van der Waals surface area contributed by atoms with Crippen LogP contribution in [0.15, 0.2) is 84.9 Å². The van der Waals surface area contributed by atoms with E-state index in [0.29, 0.717) is 17.9 Å². The lowest BCUT2D eigenvalue weighted by atomic mass is 9.89. The summed E-state index contributed by atoms with van der Waals surface area (Å²) in [4.78, 5) is 31.3. The van der Waals surface area contributed by atoms with Crippen molar-refractivity contribution in [2.24, 2.45) is 0 Å². The second-order valence-corrected chi connectivity index (χ2v) is 9.85. The Balaban J connectivity index is 1.36. The Labute approximate surface area is 217 Å². The summed E-state index contributed by atoms with van der Waals surface area (Å²) in [5, 5.41) is 9.94. The predicted octanol–water partition coefficient (Wildman–Crippen LogP) is 6.72. The van der Waals surface area contributed by atoms with Gasteiger partial charge in [-0.3, -0.25) is 9.59 Å². The zero-order valence-corrected chi connectivity index (χ0v) is 21.0. The van der Waals surface area contributed by atoms with Gasteiger partial charge in [-0.05, 0) is 73.4 Å². The molecule has 0 unspecified atom stereocenters. The Morgan fingerprint density at radius 2 is 1.57 bits per heavy atom. The van der Waals surface area contributed by atoms with Crippen LogP contribution in [0.25, 0.3) is 22.2 Å². The second kappa shape index (κ2) is 11.4. The molecule has 0 atom stereocenters. The van der Waals surface area contributed by atoms with Gasteiger partial charge in [-0.25, -0.2) is 4.98 Å². The van der Waals surface area contributed by atoms with E-state index in [4.69, 9.17) is 10.1 Å². The van der Waals surface area contributed by atoms with Crippen molar-refractivity contribution in [2.45, 2.75) is 44.4 Å². The third kappa shape index (κ3) is 5.88. The minimum Gasteiger partial charge on any atom is -0.481 e. The van der Waals surface area contributed by atoms with E-state index in [-0.39, 0.29) is 12.3 Å². The smallest absolute Gasteiger partial charge is 0.303 e. The molecule has 3 aromatic carbocycles. The van der Waals surface area contributed by atoms with Gasteiger partial charge < -0.3 is 10.0 Å². The third-order valence-corrected chi connectivity index (χ3v) is 7.33. The summed E-state index contributed by atoms with van der Waals surface area (Å²) in [5.74, 6) is -0.189. The average molecular weight is 493 g/mol. The first kappa shape index (κ1) is 24.7. The molecule has 1 aliphatic heterocycles. The number of benzene rings is 3. The van der Waals surface area contributed by atoms with Crippen molar-refractivity contribution >= 4 is 22.8 Å². The van der Waals surface area contributed by atoms with Crippen molar-refractivity contribution in [3.63, 3.8) is 0 Å². The SMILES string of the molecule is O=C(O)CCCCc1cc2cc(C(=O)N3CCC(c4ccccc4)CC3)ccc2nc1-c1ccccc1. The molecule has 188 valence electrons. The lowest BCUT2D eigenvalue weighted by Gasteiger charge is -2.32. The van der Waals surface area contributed by atoms with E-state index in [1.165, 1.54) is 5.56 Å². The third-order valence-electron chi connectivity index (χ3n) is 7.33. The van der Waals surface area contributed by atoms with Crippen molar-refractivity contribution in [3.05, 3.63) is 102 Å². The van der Waals surface area contributed by atoms with Crippen molar-refractivity contribution in [2.75, 3.05) is 13.1 Å². The van der Waals surface area contributed by atoms with Crippen molar-refractivity contribution in [3.8, 4) is 11.3 Å². The second-order valence-electron chi connectivity index (χ2n) is 9.85. The Morgan fingerprint density at radius 1 is 0.865 bits per heavy atom. The molecule has 5 heteroatoms. The van der Waals surface area contributed by atoms with Crippen LogP contribution in [0.1, 0.15) is 59.5 Å². The Kier molecular flexibility index (Phi) is 7.59. The van der Waals surface area contributed by atoms with Crippen LogP contribution in [0.4, 0.5) is 0 Å². The number of carbonyl (C=O) groups excluding carboxylic acids is 1. The van der Waals surface area contributed by atoms with Crippen LogP contribution in [-0.4, -0.2) is 40.0 Å². The molecule has 0 bridgehead atoms. The number of nitrogens with zero attached hydrogens (tertiary/aromatic N) is 2. The highest BCUT2D eigenvalue weighted by atomic mass is 16.4. The van der Waals surface area contributed by atoms with Gasteiger partial charge in [0.05, 0.1) is 11.2 Å². The van der Waals surface area contributed by atoms with Crippen LogP contribution in [0.2, 0.25) is 0 Å². The number of aryl methyl sites for hydroxylation is 1. The van der Waals surface area contributed by atoms with Crippen LogP contribution >= 0.6 is 0 Å². The highest BCUT2D eigenvalue weighted by molar-refractivity contribution is 5.98. The van der Waals surface area contributed by atoms with E-state index in [1.54, 1.807) is 0 Å². The monoisotopic (exact) mass is 492 g/mol. The summed E-state index contributed by atoms with van der Waals surface area (Å²) in [7, 11) is 0. The number of aromatic nitrogens is 1. The summed E-state index contributed by atoms with van der Waals surface area (Å²) < 4.78 is 0. The maximum Gasteiger partial charge on any atom is 0.303 e. The van der Waals surface area contributed by atoms with E-state index in [0.717, 1.165) is 66.5 Å². The molecule has 0 saturated carbocycles. The zero-order valence-electron chi connectivity index (χ0n) is 21.0. The van der Waals surface area contributed by atoms with Gasteiger partial charge in [0.15, 0.2) is 0 Å². The normalized spacial score (nSPS) is 14.1. The van der Waals surface area contributed by atoms with Gasteiger partial charge in [0.1, 0.15) is 0 Å². The van der Waals surface area contributed by atoms with Gasteiger partial charge in [-0.2, -0.15) is 0 Å². The summed E-state index contributed by atoms with van der Waals surface area (Å²) >= 11 is 0. The van der Waals surface area contributed by atoms with Gasteiger partial charge >= 0.3 is 5.97 Å². The fourth-order valence-electron chi connectivity index (χ4n) is 5.31. The van der Waals surface area contributed by atoms with Gasteiger partial charge in [0.25, 0.3) is 5.91 Å². The van der Waals surface area contributed by atoms with Crippen LogP contribution < -0.4 is 0 Å². The van der Waals surface area contributed by atoms with E-state index in [9.17, 15) is 9.59 Å². The van der Waals surface area contributed by atoms with E-state index < -0.39 is 5.97 Å². The molecule has 1 aliphatic rings. The van der Waals surface area contributed by atoms with E-state index in [1.807, 2.05) is 59.5 Å². The van der Waals surface area contributed by atoms with Crippen LogP contribution in [0.3, 0.4) is 0 Å². The molecule has 4 aromatic rings. The van der Waals surface area contributed by atoms with E-state index >= 15 is 0 Å². The minimum atomic E-state index is -0.768. The molecular formula is C32H32N2O3. The molecule has 1 aromatic heterocycles. The molecule has 1 saturated heterocycles. The minimum absolute atomic E-state index is 0.0727. The summed E-state index contributed by atoms with van der Waals surface area (Å²) in [6.45, 7) is 1.52. The maximum atomic E-state index is 13.4. The first-order chi connectivity index (χ1) is 18.1. The lowest BCUT2D eigenvalue weighted by Crippen LogP contribution is -2.37. The number of hydrogen-bond donors (Lipinski definition) is 1. The molecule has 5 nitrogen and oxygen atoms in total. The Morgan fingerprint density at radius 3 is 2.27 bits per heavy atom. The van der Waals surface area contributed by atoms with Crippen LogP contribution in [-0.2, 0) is 11.2 Å². The van der Waals surface area contributed by atoms with Gasteiger partial charge in [-0.1, -0.05) is 60.7 Å². The number of unbranched alkanes of at least 4 members (excludes halogenated alkanes) is 1. The number of rotatable bonds is 8. The van der Waals surface area contributed by atoms with Crippen molar-refractivity contribution in [1.82, 2.24) is 9.88 Å². The van der Waals surface area contributed by atoms with Crippen molar-refractivity contribution < 1.29 is 14.7 Å². The number of carbonyl (C=O) groups is 2. The first-order valence-electron chi connectivity index (χ1n) is 13.1. The maximum absolute atomic E-state index is 13.4. The molecular weight excluding hydrogens is 460 g/mol. The highest BCUT2D eigenvalue weighted by Gasteiger charge is 2.25. The molecule has 5 rings (SSSR count). The fraction of sp³-hybridized carbons (Fsp3) is 0.281. The molecule has 1 fully saturated rings. The number of pyridine rings is 1. The summed E-state index contributed by atoms with van der Waals surface area (Å²) in [6.07, 6.45) is 4.26.